The molecule has 1 aliphatic heterocycles. The highest BCUT2D eigenvalue weighted by Crippen LogP contribution is 2.33. The fourth-order valence-corrected chi connectivity index (χ4v) is 2.84. The number of carbonyl (C=O) groups excluding carboxylic acids is 2. The van der Waals surface area contributed by atoms with E-state index in [1.165, 1.54) is 13.1 Å². The van der Waals surface area contributed by atoms with Crippen molar-refractivity contribution in [2.45, 2.75) is 51.8 Å². The highest BCUT2D eigenvalue weighted by Gasteiger charge is 2.49. The molecule has 2 heterocycles. The fraction of sp³-hybridized carbons (Fsp3) is 0.600. The molecule has 0 aromatic carbocycles. The van der Waals surface area contributed by atoms with Crippen LogP contribution in [0.3, 0.4) is 0 Å². The molecule has 1 aliphatic rings. The van der Waals surface area contributed by atoms with Crippen LogP contribution in [0.15, 0.2) is 11.0 Å². The van der Waals surface area contributed by atoms with Crippen molar-refractivity contribution < 1.29 is 28.2 Å². The Balaban J connectivity index is 2.35. The van der Waals surface area contributed by atoms with Crippen LogP contribution in [0.5, 0.6) is 0 Å². The van der Waals surface area contributed by atoms with E-state index >= 15 is 0 Å². The Hall–Kier alpha value is -2.07. The number of H-pyrrole nitrogens is 1. The predicted octanol–water partition coefficient (Wildman–Crippen LogP) is 1.20. The monoisotopic (exact) mass is 374 g/mol. The van der Waals surface area contributed by atoms with Gasteiger partial charge in [0.05, 0.1) is 0 Å². The summed E-state index contributed by atoms with van der Waals surface area (Å²) in [5.41, 5.74) is -0.0116. The molecule has 0 bridgehead atoms. The van der Waals surface area contributed by atoms with E-state index in [0.717, 1.165) is 11.5 Å². The number of alkyl halides is 1. The molecule has 0 saturated carbocycles. The van der Waals surface area contributed by atoms with Crippen LogP contribution in [0.25, 0.3) is 0 Å². The number of ether oxygens (including phenoxy) is 3. The van der Waals surface area contributed by atoms with E-state index in [9.17, 15) is 18.8 Å². The second kappa shape index (κ2) is 7.87. The van der Waals surface area contributed by atoms with Crippen LogP contribution in [0.4, 0.5) is 4.39 Å². The van der Waals surface area contributed by atoms with Gasteiger partial charge >= 0.3 is 17.6 Å². The van der Waals surface area contributed by atoms with E-state index in [1.54, 1.807) is 0 Å². The van der Waals surface area contributed by atoms with E-state index in [0.29, 0.717) is 12.0 Å². The molecule has 0 aliphatic carbocycles. The maximum absolute atomic E-state index is 14.8. The van der Waals surface area contributed by atoms with Crippen molar-refractivity contribution in [2.24, 2.45) is 0 Å². The number of rotatable bonds is 5. The highest BCUT2D eigenvalue weighted by atomic mass is 32.1. The first kappa shape index (κ1) is 19.3. The molecule has 138 valence electrons. The van der Waals surface area contributed by atoms with E-state index in [2.05, 4.69) is 4.98 Å². The van der Waals surface area contributed by atoms with Gasteiger partial charge in [0.2, 0.25) is 0 Å². The predicted molar refractivity (Wildman–Crippen MR) is 86.3 cm³/mol. The molecule has 8 nitrogen and oxygen atoms in total. The summed E-state index contributed by atoms with van der Waals surface area (Å²) in [6.07, 6.45) is -3.55. The van der Waals surface area contributed by atoms with Crippen molar-refractivity contribution in [1.82, 2.24) is 9.55 Å². The second-order valence-electron chi connectivity index (χ2n) is 5.56. The van der Waals surface area contributed by atoms with Crippen molar-refractivity contribution in [2.75, 3.05) is 6.61 Å². The maximum Gasteiger partial charge on any atom is 0.328 e. The molecule has 0 spiro atoms. The van der Waals surface area contributed by atoms with Crippen LogP contribution in [0.1, 0.15) is 32.6 Å². The Labute approximate surface area is 147 Å². The van der Waals surface area contributed by atoms with Crippen molar-refractivity contribution in [3.8, 4) is 0 Å². The minimum Gasteiger partial charge on any atom is -0.463 e. The van der Waals surface area contributed by atoms with Gasteiger partial charge < -0.3 is 14.2 Å². The molecular weight excluding hydrogens is 355 g/mol. The van der Waals surface area contributed by atoms with E-state index in [4.69, 9.17) is 26.4 Å². The van der Waals surface area contributed by atoms with Gasteiger partial charge in [0, 0.05) is 25.6 Å². The summed E-state index contributed by atoms with van der Waals surface area (Å²) in [6.45, 7) is 3.85. The molecule has 1 aromatic rings. The zero-order valence-corrected chi connectivity index (χ0v) is 14.8. The van der Waals surface area contributed by atoms with E-state index < -0.39 is 42.2 Å². The van der Waals surface area contributed by atoms with Crippen molar-refractivity contribution in [3.63, 3.8) is 0 Å². The lowest BCUT2D eigenvalue weighted by atomic mass is 10.1. The third-order valence-corrected chi connectivity index (χ3v) is 4.08. The molecule has 4 atom stereocenters. The van der Waals surface area contributed by atoms with Crippen molar-refractivity contribution in [3.05, 3.63) is 26.9 Å². The van der Waals surface area contributed by atoms with E-state index in [-0.39, 0.29) is 11.2 Å². The molecule has 10 heteroatoms. The van der Waals surface area contributed by atoms with Gasteiger partial charge in [0.15, 0.2) is 18.5 Å². The molecule has 0 radical (unpaired) electrons. The molecule has 1 aromatic heterocycles. The normalized spacial score (nSPS) is 25.6. The zero-order valence-electron chi connectivity index (χ0n) is 14.0. The number of nitrogens with zero attached hydrogens (tertiary/aromatic N) is 1. The minimum absolute atomic E-state index is 0.269. The number of hydrogen-bond acceptors (Lipinski definition) is 7. The Bertz CT molecular complexity index is 776. The lowest BCUT2D eigenvalue weighted by Crippen LogP contribution is -2.37. The second-order valence-corrected chi connectivity index (χ2v) is 5.97. The first-order valence-corrected chi connectivity index (χ1v) is 8.09. The summed E-state index contributed by atoms with van der Waals surface area (Å²) in [6, 6.07) is 0. The third-order valence-electron chi connectivity index (χ3n) is 3.72. The average Bonchev–Trinajstić information content (AvgIpc) is 2.82. The summed E-state index contributed by atoms with van der Waals surface area (Å²) in [7, 11) is 0. The molecule has 2 rings (SSSR count). The first-order valence-electron chi connectivity index (χ1n) is 7.69. The van der Waals surface area contributed by atoms with Crippen LogP contribution >= 0.6 is 12.2 Å². The average molecular weight is 374 g/mol. The lowest BCUT2D eigenvalue weighted by Gasteiger charge is -2.18. The number of aromatic nitrogens is 2. The molecule has 25 heavy (non-hydrogen) atoms. The van der Waals surface area contributed by atoms with Crippen molar-refractivity contribution >= 4 is 24.2 Å². The van der Waals surface area contributed by atoms with E-state index in [1.807, 2.05) is 6.92 Å². The summed E-state index contributed by atoms with van der Waals surface area (Å²) in [4.78, 5) is 36.8. The largest absolute Gasteiger partial charge is 0.463 e. The standard InChI is InChI=1S/C15H19FN2O6S/c1-4-9-5-18(15(21)17-13(9)25)14-11(16)12(23-8(3)20)10(24-14)6-22-7(2)19/h5,10-12,14H,4,6H2,1-3H3,(H,17,21,25)/t10-,11+,12-,14-/m1/s1. The number of aromatic amines is 1. The SMILES string of the molecule is CCc1cn([C@@H]2O[C@H](COC(C)=O)[C@@H](OC(C)=O)[C@@H]2F)c(=O)[nH]c1=S. The Morgan fingerprint density at radius 1 is 1.40 bits per heavy atom. The summed E-state index contributed by atoms with van der Waals surface area (Å²) in [5.74, 6) is -1.29. The maximum atomic E-state index is 14.8. The van der Waals surface area contributed by atoms with Crippen LogP contribution in [-0.4, -0.2) is 46.5 Å². The Morgan fingerprint density at radius 3 is 2.64 bits per heavy atom. The summed E-state index contributed by atoms with van der Waals surface area (Å²) >= 11 is 5.05. The van der Waals surface area contributed by atoms with Gasteiger partial charge in [-0.2, -0.15) is 0 Å². The van der Waals surface area contributed by atoms with Gasteiger partial charge in [-0.15, -0.1) is 0 Å². The van der Waals surface area contributed by atoms with Crippen LogP contribution in [-0.2, 0) is 30.2 Å². The number of aryl methyl sites for hydroxylation is 1. The topological polar surface area (TPSA) is 99.6 Å². The minimum atomic E-state index is -1.82. The first-order chi connectivity index (χ1) is 11.7. The van der Waals surface area contributed by atoms with Crippen LogP contribution in [0.2, 0.25) is 0 Å². The summed E-state index contributed by atoms with van der Waals surface area (Å²) < 4.78 is 31.5. The van der Waals surface area contributed by atoms with Gasteiger partial charge in [-0.3, -0.25) is 19.1 Å². The number of esters is 2. The van der Waals surface area contributed by atoms with Gasteiger partial charge in [-0.25, -0.2) is 9.18 Å². The van der Waals surface area contributed by atoms with Crippen LogP contribution in [0, 0.1) is 4.64 Å². The molecule has 0 amide bonds. The van der Waals surface area contributed by atoms with Gasteiger partial charge in [0.25, 0.3) is 0 Å². The number of halogens is 1. The summed E-state index contributed by atoms with van der Waals surface area (Å²) in [5, 5.41) is 0. The fourth-order valence-electron chi connectivity index (χ4n) is 2.55. The Kier molecular flexibility index (Phi) is 6.07. The molecular formula is C15H19FN2O6S. The van der Waals surface area contributed by atoms with Crippen molar-refractivity contribution in [1.29, 1.82) is 0 Å². The number of hydrogen-bond donors (Lipinski definition) is 1. The molecule has 1 fully saturated rings. The van der Waals surface area contributed by atoms with Gasteiger partial charge in [-0.1, -0.05) is 19.1 Å². The number of carbonyl (C=O) groups is 2. The van der Waals surface area contributed by atoms with Gasteiger partial charge in [0.1, 0.15) is 17.4 Å². The van der Waals surface area contributed by atoms with Gasteiger partial charge in [-0.05, 0) is 6.42 Å². The smallest absolute Gasteiger partial charge is 0.328 e. The molecule has 1 saturated heterocycles. The zero-order chi connectivity index (χ0) is 18.7. The highest BCUT2D eigenvalue weighted by molar-refractivity contribution is 7.71. The van der Waals surface area contributed by atoms with Crippen LogP contribution < -0.4 is 5.69 Å². The Morgan fingerprint density at radius 2 is 2.08 bits per heavy atom. The quantitative estimate of drug-likeness (QED) is 0.611. The third kappa shape index (κ3) is 4.31. The lowest BCUT2D eigenvalue weighted by molar-refractivity contribution is -0.156. The molecule has 1 N–H and O–H groups in total. The molecule has 0 unspecified atom stereocenters. The number of nitrogens with one attached hydrogen (secondary N) is 1.